The number of anilines is 2. The summed E-state index contributed by atoms with van der Waals surface area (Å²) >= 11 is 0. The molecule has 9 heteroatoms. The number of hydrogen-bond donors (Lipinski definition) is 1. The van der Waals surface area contributed by atoms with Crippen LogP contribution in [0.4, 0.5) is 11.4 Å². The zero-order valence-corrected chi connectivity index (χ0v) is 15.9. The van der Waals surface area contributed by atoms with Crippen molar-refractivity contribution >= 4 is 27.3 Å². The van der Waals surface area contributed by atoms with Gasteiger partial charge in [0.25, 0.3) is 0 Å². The van der Waals surface area contributed by atoms with Gasteiger partial charge in [-0.2, -0.15) is 5.26 Å². The molecule has 0 aliphatic heterocycles. The van der Waals surface area contributed by atoms with Gasteiger partial charge in [-0.25, -0.2) is 8.42 Å². The Morgan fingerprint density at radius 2 is 1.74 bits per heavy atom. The number of amides is 1. The summed E-state index contributed by atoms with van der Waals surface area (Å²) in [6.45, 7) is -0.422. The molecule has 2 aromatic rings. The first kappa shape index (κ1) is 20.1. The van der Waals surface area contributed by atoms with E-state index in [4.69, 9.17) is 14.7 Å². The first-order valence-corrected chi connectivity index (χ1v) is 9.63. The van der Waals surface area contributed by atoms with Gasteiger partial charge < -0.3 is 14.8 Å². The first-order valence-electron chi connectivity index (χ1n) is 7.78. The molecule has 1 amide bonds. The van der Waals surface area contributed by atoms with Crippen molar-refractivity contribution in [2.45, 2.75) is 0 Å². The van der Waals surface area contributed by atoms with Gasteiger partial charge in [0.05, 0.1) is 37.8 Å². The summed E-state index contributed by atoms with van der Waals surface area (Å²) in [7, 11) is -0.824. The van der Waals surface area contributed by atoms with Crippen LogP contribution in [0.5, 0.6) is 11.5 Å². The smallest absolute Gasteiger partial charge is 0.245 e. The van der Waals surface area contributed by atoms with Crippen LogP contribution in [0.2, 0.25) is 0 Å². The van der Waals surface area contributed by atoms with E-state index in [9.17, 15) is 13.2 Å². The lowest BCUT2D eigenvalue weighted by molar-refractivity contribution is -0.114. The van der Waals surface area contributed by atoms with Crippen LogP contribution in [0.3, 0.4) is 0 Å². The molecular weight excluding hydrogens is 370 g/mol. The van der Waals surface area contributed by atoms with Crippen molar-refractivity contribution < 1.29 is 22.7 Å². The molecule has 142 valence electrons. The second-order valence-corrected chi connectivity index (χ2v) is 7.45. The third-order valence-electron chi connectivity index (χ3n) is 3.64. The molecule has 0 saturated carbocycles. The van der Waals surface area contributed by atoms with Crippen LogP contribution in [0.15, 0.2) is 42.5 Å². The highest BCUT2D eigenvalue weighted by Gasteiger charge is 2.22. The minimum Gasteiger partial charge on any atom is -0.493 e. The van der Waals surface area contributed by atoms with E-state index in [-0.39, 0.29) is 5.69 Å². The first-order chi connectivity index (χ1) is 12.8. The highest BCUT2D eigenvalue weighted by Crippen LogP contribution is 2.32. The topological polar surface area (TPSA) is 109 Å². The van der Waals surface area contributed by atoms with Gasteiger partial charge in [-0.3, -0.25) is 9.10 Å². The number of sulfonamides is 1. The molecule has 0 fully saturated rings. The summed E-state index contributed by atoms with van der Waals surface area (Å²) in [5, 5.41) is 11.4. The largest absolute Gasteiger partial charge is 0.493 e. The Balaban J connectivity index is 2.24. The normalized spacial score (nSPS) is 10.6. The molecule has 0 unspecified atom stereocenters. The maximum atomic E-state index is 12.3. The van der Waals surface area contributed by atoms with E-state index in [2.05, 4.69) is 5.32 Å². The van der Waals surface area contributed by atoms with Crippen molar-refractivity contribution in [3.8, 4) is 17.6 Å². The quantitative estimate of drug-likeness (QED) is 0.776. The van der Waals surface area contributed by atoms with E-state index >= 15 is 0 Å². The third-order valence-corrected chi connectivity index (χ3v) is 4.78. The number of nitrogens with one attached hydrogen (secondary N) is 1. The van der Waals surface area contributed by atoms with Crippen molar-refractivity contribution in [1.82, 2.24) is 0 Å². The maximum absolute atomic E-state index is 12.3. The molecule has 0 aromatic heterocycles. The molecule has 27 heavy (non-hydrogen) atoms. The summed E-state index contributed by atoms with van der Waals surface area (Å²) in [6, 6.07) is 12.8. The predicted octanol–water partition coefficient (Wildman–Crippen LogP) is 1.98. The molecule has 0 aliphatic carbocycles. The lowest BCUT2D eigenvalue weighted by Gasteiger charge is -2.23. The Morgan fingerprint density at radius 1 is 1.11 bits per heavy atom. The van der Waals surface area contributed by atoms with Crippen LogP contribution in [0, 0.1) is 11.3 Å². The highest BCUT2D eigenvalue weighted by molar-refractivity contribution is 7.92. The maximum Gasteiger partial charge on any atom is 0.245 e. The standard InChI is InChI=1S/C18H19N3O5S/c1-25-16-9-8-15(10-17(16)26-2)21(27(3,23)24)12-18(22)20-14-6-4-13(11-19)5-7-14/h4-10H,12H2,1-3H3,(H,20,22). The summed E-state index contributed by atoms with van der Waals surface area (Å²) in [5.74, 6) is 0.257. The Kier molecular flexibility index (Phi) is 6.26. The molecule has 0 aliphatic rings. The fourth-order valence-electron chi connectivity index (χ4n) is 2.34. The molecule has 0 spiro atoms. The number of carbonyl (C=O) groups excluding carboxylic acids is 1. The van der Waals surface area contributed by atoms with Gasteiger partial charge >= 0.3 is 0 Å². The van der Waals surface area contributed by atoms with E-state index in [0.717, 1.165) is 10.6 Å². The molecule has 2 rings (SSSR count). The van der Waals surface area contributed by atoms with Crippen molar-refractivity contribution in [3.05, 3.63) is 48.0 Å². The molecule has 1 N–H and O–H groups in total. The Morgan fingerprint density at radius 3 is 2.26 bits per heavy atom. The zero-order chi connectivity index (χ0) is 20.0. The van der Waals surface area contributed by atoms with Crippen LogP contribution in [0.1, 0.15) is 5.56 Å². The minimum absolute atomic E-state index is 0.269. The monoisotopic (exact) mass is 389 g/mol. The van der Waals surface area contributed by atoms with Crippen molar-refractivity contribution in [2.75, 3.05) is 36.6 Å². The molecule has 0 heterocycles. The lowest BCUT2D eigenvalue weighted by Crippen LogP contribution is -2.37. The Labute approximate surface area is 158 Å². The average Bonchev–Trinajstić information content (AvgIpc) is 2.65. The van der Waals surface area contributed by atoms with E-state index < -0.39 is 22.5 Å². The van der Waals surface area contributed by atoms with Gasteiger partial charge in [0.2, 0.25) is 15.9 Å². The molecule has 0 bridgehead atoms. The fourth-order valence-corrected chi connectivity index (χ4v) is 3.19. The number of carbonyl (C=O) groups is 1. The van der Waals surface area contributed by atoms with Crippen LogP contribution in [0.25, 0.3) is 0 Å². The van der Waals surface area contributed by atoms with Gasteiger partial charge in [0.1, 0.15) is 6.54 Å². The Bertz CT molecular complexity index is 965. The van der Waals surface area contributed by atoms with Gasteiger partial charge in [-0.15, -0.1) is 0 Å². The number of benzene rings is 2. The summed E-state index contributed by atoms with van der Waals surface area (Å²) in [5.41, 5.74) is 1.18. The minimum atomic E-state index is -3.73. The van der Waals surface area contributed by atoms with Crippen molar-refractivity contribution in [2.24, 2.45) is 0 Å². The van der Waals surface area contributed by atoms with Crippen molar-refractivity contribution in [1.29, 1.82) is 5.26 Å². The van der Waals surface area contributed by atoms with Gasteiger partial charge in [0.15, 0.2) is 11.5 Å². The molecule has 0 radical (unpaired) electrons. The second-order valence-electron chi connectivity index (χ2n) is 5.55. The number of methoxy groups -OCH3 is 2. The number of nitriles is 1. The average molecular weight is 389 g/mol. The Hall–Kier alpha value is -3.25. The van der Waals surface area contributed by atoms with Crippen molar-refractivity contribution in [3.63, 3.8) is 0 Å². The van der Waals surface area contributed by atoms with E-state index in [0.29, 0.717) is 22.7 Å². The molecule has 2 aromatic carbocycles. The van der Waals surface area contributed by atoms with E-state index in [1.165, 1.54) is 26.4 Å². The van der Waals surface area contributed by atoms with Gasteiger partial charge in [-0.1, -0.05) is 0 Å². The fraction of sp³-hybridized carbons (Fsp3) is 0.222. The van der Waals surface area contributed by atoms with E-state index in [1.807, 2.05) is 6.07 Å². The summed E-state index contributed by atoms with van der Waals surface area (Å²) < 4.78 is 35.7. The van der Waals surface area contributed by atoms with Gasteiger partial charge in [-0.05, 0) is 36.4 Å². The molecule has 0 atom stereocenters. The van der Waals surface area contributed by atoms with E-state index in [1.54, 1.807) is 30.3 Å². The second kappa shape index (κ2) is 8.42. The van der Waals surface area contributed by atoms with Gasteiger partial charge in [0, 0.05) is 11.8 Å². The molecular formula is C18H19N3O5S. The number of hydrogen-bond acceptors (Lipinski definition) is 6. The SMILES string of the molecule is COc1ccc(N(CC(=O)Nc2ccc(C#N)cc2)S(C)(=O)=O)cc1OC. The number of ether oxygens (including phenoxy) is 2. The zero-order valence-electron chi connectivity index (χ0n) is 15.1. The summed E-state index contributed by atoms with van der Waals surface area (Å²) in [6.07, 6.45) is 1.01. The van der Waals surface area contributed by atoms with Crippen LogP contribution >= 0.6 is 0 Å². The third kappa shape index (κ3) is 5.12. The summed E-state index contributed by atoms with van der Waals surface area (Å²) in [4.78, 5) is 12.3. The highest BCUT2D eigenvalue weighted by atomic mass is 32.2. The van der Waals surface area contributed by atoms with Crippen LogP contribution in [-0.2, 0) is 14.8 Å². The molecule has 8 nitrogen and oxygen atoms in total. The molecule has 0 saturated heterocycles. The predicted molar refractivity (Wildman–Crippen MR) is 102 cm³/mol. The van der Waals surface area contributed by atoms with Crippen LogP contribution < -0.4 is 19.1 Å². The lowest BCUT2D eigenvalue weighted by atomic mass is 10.2. The number of rotatable bonds is 7. The van der Waals surface area contributed by atoms with Crippen LogP contribution in [-0.4, -0.2) is 41.3 Å². The number of nitrogens with zero attached hydrogens (tertiary/aromatic N) is 2.